The summed E-state index contributed by atoms with van der Waals surface area (Å²) >= 11 is -1.30. The molecule has 4 aromatic rings. The van der Waals surface area contributed by atoms with Crippen LogP contribution in [0.5, 0.6) is 0 Å². The fraction of sp³-hybridized carbons (Fsp3) is 0.240. The van der Waals surface area contributed by atoms with Crippen LogP contribution in [-0.2, 0) is 11.2 Å². The Kier molecular flexibility index (Phi) is 5.23. The largest absolute Gasteiger partial charge is 0.610 e. The van der Waals surface area contributed by atoms with E-state index in [2.05, 4.69) is 4.98 Å². The van der Waals surface area contributed by atoms with E-state index in [4.69, 9.17) is 10.7 Å². The maximum atomic E-state index is 13.1. The van der Waals surface area contributed by atoms with Gasteiger partial charge in [-0.15, -0.1) is 0 Å². The minimum Gasteiger partial charge on any atom is -0.610 e. The molecule has 1 aliphatic carbocycles. The predicted octanol–water partition coefficient (Wildman–Crippen LogP) is 4.56. The van der Waals surface area contributed by atoms with Crippen molar-refractivity contribution in [3.63, 3.8) is 0 Å². The van der Waals surface area contributed by atoms with Gasteiger partial charge in [0.15, 0.2) is 0 Å². The van der Waals surface area contributed by atoms with Crippen LogP contribution in [0.25, 0.3) is 28.2 Å². The smallest absolute Gasteiger partial charge is 0.289 e. The summed E-state index contributed by atoms with van der Waals surface area (Å²) in [5.41, 5.74) is 11.2. The van der Waals surface area contributed by atoms with Gasteiger partial charge in [0.2, 0.25) is 11.6 Å². The highest BCUT2D eigenvalue weighted by Gasteiger charge is 2.29. The fourth-order valence-electron chi connectivity index (χ4n) is 3.96. The summed E-state index contributed by atoms with van der Waals surface area (Å²) in [5.74, 6) is -0.0241. The lowest BCUT2D eigenvalue weighted by Crippen LogP contribution is -2.17. The van der Waals surface area contributed by atoms with Crippen molar-refractivity contribution in [2.75, 3.05) is 0 Å². The van der Waals surface area contributed by atoms with Crippen LogP contribution >= 0.6 is 0 Å². The van der Waals surface area contributed by atoms with Crippen molar-refractivity contribution in [3.8, 4) is 22.5 Å². The van der Waals surface area contributed by atoms with Crippen LogP contribution in [0, 0.1) is 0 Å². The third-order valence-electron chi connectivity index (χ3n) is 5.78. The Morgan fingerprint density at radius 3 is 2.56 bits per heavy atom. The first-order valence-corrected chi connectivity index (χ1v) is 11.9. The standard InChI is InChI=1S/C25H24N4O2S/c1-15(2)32(31)25-24-27-13-22(29(24)14-21(28-25)17-6-4-3-5-7-17)18-10-11-19(23(26)30)20(12-18)16-8-9-16/h3-7,10-16H,8-9H2,1-2H3,(H2,26,30). The number of carbonyl (C=O) groups is 1. The van der Waals surface area contributed by atoms with E-state index in [0.717, 1.165) is 40.9 Å². The Morgan fingerprint density at radius 2 is 1.91 bits per heavy atom. The topological polar surface area (TPSA) is 96.3 Å². The second kappa shape index (κ2) is 8.07. The van der Waals surface area contributed by atoms with E-state index in [1.807, 2.05) is 66.9 Å². The lowest BCUT2D eigenvalue weighted by molar-refractivity contribution is 0.0999. The molecule has 6 nitrogen and oxygen atoms in total. The number of amides is 1. The van der Waals surface area contributed by atoms with E-state index < -0.39 is 17.1 Å². The van der Waals surface area contributed by atoms with Crippen molar-refractivity contribution in [2.45, 2.75) is 42.9 Å². The first-order chi connectivity index (χ1) is 15.4. The molecular formula is C25H24N4O2S. The minimum absolute atomic E-state index is 0.0891. The molecule has 162 valence electrons. The highest BCUT2D eigenvalue weighted by Crippen LogP contribution is 2.43. The summed E-state index contributed by atoms with van der Waals surface area (Å²) in [7, 11) is 0. The summed E-state index contributed by atoms with van der Waals surface area (Å²) in [6.45, 7) is 3.83. The van der Waals surface area contributed by atoms with Crippen LogP contribution < -0.4 is 5.73 Å². The number of nitrogens with zero attached hydrogens (tertiary/aromatic N) is 3. The van der Waals surface area contributed by atoms with Gasteiger partial charge in [0.05, 0.1) is 17.6 Å². The summed E-state index contributed by atoms with van der Waals surface area (Å²) in [6.07, 6.45) is 5.85. The molecule has 1 amide bonds. The zero-order chi connectivity index (χ0) is 22.4. The lowest BCUT2D eigenvalue weighted by Gasteiger charge is -2.15. The quantitative estimate of drug-likeness (QED) is 0.441. The van der Waals surface area contributed by atoms with Crippen LogP contribution in [-0.4, -0.2) is 30.1 Å². The van der Waals surface area contributed by atoms with E-state index in [9.17, 15) is 9.35 Å². The predicted molar refractivity (Wildman–Crippen MR) is 126 cm³/mol. The number of carbonyl (C=O) groups excluding carboxylic acids is 1. The third-order valence-corrected chi connectivity index (χ3v) is 7.29. The number of hydrogen-bond donors (Lipinski definition) is 1. The summed E-state index contributed by atoms with van der Waals surface area (Å²) in [4.78, 5) is 21.3. The van der Waals surface area contributed by atoms with Crippen molar-refractivity contribution in [3.05, 3.63) is 72.1 Å². The molecule has 0 saturated heterocycles. The van der Waals surface area contributed by atoms with Crippen molar-refractivity contribution >= 4 is 22.7 Å². The van der Waals surface area contributed by atoms with Crippen molar-refractivity contribution < 1.29 is 9.35 Å². The number of imidazole rings is 1. The van der Waals surface area contributed by atoms with Crippen molar-refractivity contribution in [1.29, 1.82) is 0 Å². The van der Waals surface area contributed by atoms with E-state index in [1.165, 1.54) is 0 Å². The molecule has 7 heteroatoms. The van der Waals surface area contributed by atoms with Gasteiger partial charge >= 0.3 is 0 Å². The van der Waals surface area contributed by atoms with Crippen LogP contribution in [0.15, 0.2) is 66.0 Å². The summed E-state index contributed by atoms with van der Waals surface area (Å²) in [5, 5.41) is 0.387. The molecule has 5 rings (SSSR count). The number of primary amides is 1. The molecule has 2 aromatic heterocycles. The molecule has 1 unspecified atom stereocenters. The van der Waals surface area contributed by atoms with Gasteiger partial charge in [-0.05, 0) is 50.3 Å². The molecule has 0 radical (unpaired) electrons. The van der Waals surface area contributed by atoms with E-state index in [0.29, 0.717) is 22.2 Å². The Bertz CT molecular complexity index is 1310. The van der Waals surface area contributed by atoms with E-state index >= 15 is 0 Å². The van der Waals surface area contributed by atoms with Gasteiger partial charge in [-0.2, -0.15) is 4.98 Å². The Hall–Kier alpha value is -3.16. The molecule has 0 bridgehead atoms. The maximum Gasteiger partial charge on any atom is 0.289 e. The minimum atomic E-state index is -1.30. The molecule has 32 heavy (non-hydrogen) atoms. The van der Waals surface area contributed by atoms with Crippen molar-refractivity contribution in [2.24, 2.45) is 5.73 Å². The Morgan fingerprint density at radius 1 is 1.16 bits per heavy atom. The van der Waals surface area contributed by atoms with Crippen LogP contribution in [0.4, 0.5) is 0 Å². The SMILES string of the molecule is CC(C)[S+]([O-])c1nc(-c2ccccc2)cn2c(-c3ccc(C(N)=O)c(C4CC4)c3)cnc12. The van der Waals surface area contributed by atoms with Crippen LogP contribution in [0.3, 0.4) is 0 Å². The normalized spacial score (nSPS) is 14.8. The molecule has 1 saturated carbocycles. The molecule has 1 aliphatic rings. The molecule has 0 aliphatic heterocycles. The molecule has 2 aromatic carbocycles. The number of fused-ring (bicyclic) bond motifs is 1. The molecular weight excluding hydrogens is 420 g/mol. The van der Waals surface area contributed by atoms with Crippen LogP contribution in [0.1, 0.15) is 48.5 Å². The van der Waals surface area contributed by atoms with Crippen molar-refractivity contribution in [1.82, 2.24) is 14.4 Å². The summed E-state index contributed by atoms with van der Waals surface area (Å²) in [6, 6.07) is 15.6. The maximum absolute atomic E-state index is 13.1. The molecule has 0 spiro atoms. The molecule has 2 N–H and O–H groups in total. The number of hydrogen-bond acceptors (Lipinski definition) is 4. The van der Waals surface area contributed by atoms with Gasteiger partial charge in [-0.1, -0.05) is 36.4 Å². The molecule has 2 heterocycles. The number of nitrogens with two attached hydrogens (primary N) is 1. The lowest BCUT2D eigenvalue weighted by atomic mass is 9.98. The van der Waals surface area contributed by atoms with Crippen LogP contribution in [0.2, 0.25) is 0 Å². The second-order valence-corrected chi connectivity index (χ2v) is 10.3. The van der Waals surface area contributed by atoms with Gasteiger partial charge in [-0.25, -0.2) is 4.98 Å². The Labute approximate surface area is 189 Å². The average molecular weight is 445 g/mol. The highest BCUT2D eigenvalue weighted by atomic mass is 32.2. The van der Waals surface area contributed by atoms with Gasteiger partial charge in [0, 0.05) is 34.1 Å². The van der Waals surface area contributed by atoms with Gasteiger partial charge in [0.1, 0.15) is 5.25 Å². The first kappa shape index (κ1) is 20.7. The van der Waals surface area contributed by atoms with Gasteiger partial charge in [-0.3, -0.25) is 9.20 Å². The third kappa shape index (κ3) is 3.67. The van der Waals surface area contributed by atoms with E-state index in [1.54, 1.807) is 12.3 Å². The molecule has 1 fully saturated rings. The molecule has 1 atom stereocenters. The zero-order valence-corrected chi connectivity index (χ0v) is 18.8. The fourth-order valence-corrected chi connectivity index (χ4v) is 4.92. The number of aromatic nitrogens is 3. The first-order valence-electron chi connectivity index (χ1n) is 10.7. The monoisotopic (exact) mass is 444 g/mol. The Balaban J connectivity index is 1.72. The highest BCUT2D eigenvalue weighted by molar-refractivity contribution is 7.92. The second-order valence-electron chi connectivity index (χ2n) is 8.42. The average Bonchev–Trinajstić information content (AvgIpc) is 3.56. The van der Waals surface area contributed by atoms with E-state index in [-0.39, 0.29) is 5.25 Å². The zero-order valence-electron chi connectivity index (χ0n) is 18.0. The number of benzene rings is 2. The summed E-state index contributed by atoms with van der Waals surface area (Å²) < 4.78 is 15.1. The number of rotatable bonds is 6. The van der Waals surface area contributed by atoms with Gasteiger partial charge < -0.3 is 10.3 Å². The van der Waals surface area contributed by atoms with Gasteiger partial charge in [0.25, 0.3) is 5.03 Å².